The molecular formula is C14H20BrN4O12PS. The predicted molar refractivity (Wildman–Crippen MR) is 117 cm³/mol. The third-order valence-electron chi connectivity index (χ3n) is 3.74. The Labute approximate surface area is 195 Å². The van der Waals surface area contributed by atoms with E-state index in [1.54, 1.807) is 0 Å². The van der Waals surface area contributed by atoms with Gasteiger partial charge in [0.2, 0.25) is 0 Å². The second kappa shape index (κ2) is 12.3. The fourth-order valence-corrected chi connectivity index (χ4v) is 3.69. The molecule has 0 aromatic heterocycles. The second-order valence-corrected chi connectivity index (χ2v) is 9.80. The largest absolute Gasteiger partial charge is 0.469 e. The lowest BCUT2D eigenvalue weighted by Gasteiger charge is -2.24. The zero-order valence-corrected chi connectivity index (χ0v) is 20.2. The van der Waals surface area contributed by atoms with Crippen molar-refractivity contribution in [3.63, 3.8) is 0 Å². The molecule has 0 saturated heterocycles. The smallest absolute Gasteiger partial charge is 0.363 e. The molecule has 0 aliphatic rings. The molecule has 186 valence electrons. The van der Waals surface area contributed by atoms with Gasteiger partial charge in [-0.3, -0.25) is 33.7 Å². The monoisotopic (exact) mass is 578 g/mol. The van der Waals surface area contributed by atoms with Crippen molar-refractivity contribution in [1.82, 2.24) is 5.32 Å². The zero-order valence-electron chi connectivity index (χ0n) is 16.9. The van der Waals surface area contributed by atoms with Crippen molar-refractivity contribution in [2.45, 2.75) is 0 Å². The van der Waals surface area contributed by atoms with E-state index in [0.29, 0.717) is 0 Å². The van der Waals surface area contributed by atoms with E-state index in [9.17, 15) is 38.0 Å². The number of carbonyl (C=O) groups excluding carboxylic acids is 1. The van der Waals surface area contributed by atoms with Crippen LogP contribution in [0.4, 0.5) is 17.1 Å². The van der Waals surface area contributed by atoms with Crippen molar-refractivity contribution in [2.75, 3.05) is 49.3 Å². The van der Waals surface area contributed by atoms with Gasteiger partial charge in [-0.25, -0.2) is 4.57 Å². The summed E-state index contributed by atoms with van der Waals surface area (Å²) in [6.07, 6.45) is 0.814. The van der Waals surface area contributed by atoms with Gasteiger partial charge >= 0.3 is 13.5 Å². The molecule has 1 aromatic rings. The van der Waals surface area contributed by atoms with Crippen LogP contribution < -0.4 is 10.2 Å². The van der Waals surface area contributed by atoms with Crippen LogP contribution in [0.15, 0.2) is 12.1 Å². The number of nitrogens with zero attached hydrogens (tertiary/aromatic N) is 3. The highest BCUT2D eigenvalue weighted by atomic mass is 79.9. The molecule has 0 spiro atoms. The molecule has 33 heavy (non-hydrogen) atoms. The van der Waals surface area contributed by atoms with Crippen LogP contribution in [0.2, 0.25) is 0 Å². The average Bonchev–Trinajstić information content (AvgIpc) is 2.67. The molecule has 19 heteroatoms. The molecule has 0 radical (unpaired) electrons. The number of anilines is 1. The van der Waals surface area contributed by atoms with Gasteiger partial charge in [-0.05, 0) is 6.07 Å². The summed E-state index contributed by atoms with van der Waals surface area (Å²) in [4.78, 5) is 52.4. The van der Waals surface area contributed by atoms with Gasteiger partial charge in [0.1, 0.15) is 5.69 Å². The van der Waals surface area contributed by atoms with Crippen LogP contribution in [0, 0.1) is 20.2 Å². The molecule has 0 aliphatic heterocycles. The number of nitro benzene ring substituents is 2. The molecule has 0 unspecified atom stereocenters. The highest BCUT2D eigenvalue weighted by molar-refractivity contribution is 9.09. The van der Waals surface area contributed by atoms with Crippen molar-refractivity contribution in [2.24, 2.45) is 0 Å². The fourth-order valence-electron chi connectivity index (χ4n) is 2.56. The summed E-state index contributed by atoms with van der Waals surface area (Å²) in [6, 6.07) is 1.93. The number of halogens is 1. The van der Waals surface area contributed by atoms with Crippen LogP contribution in [0.5, 0.6) is 0 Å². The standard InChI is InChI=1S/C14H20BrN4O12PS/c1-33(28,29)31-9-7-17(6-4-15)11-3-2-10(18(21)22)12(13(11)19(23)24)14(20)16-5-8-30-32(25,26)27/h2-3H,4-9H2,1H3,(H,16,20)(H2,25,26,27). The zero-order chi connectivity index (χ0) is 25.4. The van der Waals surface area contributed by atoms with E-state index < -0.39 is 63.8 Å². The van der Waals surface area contributed by atoms with Crippen molar-refractivity contribution in [3.05, 3.63) is 37.9 Å². The molecule has 0 heterocycles. The molecule has 0 bridgehead atoms. The maximum atomic E-state index is 12.6. The summed E-state index contributed by atoms with van der Waals surface area (Å²) in [5, 5.41) is 25.6. The van der Waals surface area contributed by atoms with Crippen LogP contribution in [0.1, 0.15) is 10.4 Å². The van der Waals surface area contributed by atoms with E-state index in [-0.39, 0.29) is 30.7 Å². The molecular weight excluding hydrogens is 559 g/mol. The lowest BCUT2D eigenvalue weighted by Crippen LogP contribution is -2.32. The number of hydrogen-bond donors (Lipinski definition) is 3. The first-order valence-corrected chi connectivity index (χ1v) is 13.2. The number of nitrogens with one attached hydrogen (secondary N) is 1. The van der Waals surface area contributed by atoms with Gasteiger partial charge in [0.15, 0.2) is 5.56 Å². The maximum absolute atomic E-state index is 12.6. The topological polar surface area (TPSA) is 229 Å². The minimum atomic E-state index is -4.83. The number of carbonyl (C=O) groups is 1. The number of rotatable bonds is 14. The molecule has 1 rings (SSSR count). The molecule has 0 atom stereocenters. The van der Waals surface area contributed by atoms with E-state index in [1.807, 2.05) is 0 Å². The first kappa shape index (κ1) is 28.8. The van der Waals surface area contributed by atoms with Gasteiger partial charge < -0.3 is 20.0 Å². The van der Waals surface area contributed by atoms with Crippen LogP contribution in [0.25, 0.3) is 0 Å². The number of nitro groups is 2. The maximum Gasteiger partial charge on any atom is 0.469 e. The minimum Gasteiger partial charge on any atom is -0.363 e. The van der Waals surface area contributed by atoms with Crippen molar-refractivity contribution in [3.8, 4) is 0 Å². The van der Waals surface area contributed by atoms with Crippen LogP contribution >= 0.6 is 23.8 Å². The van der Waals surface area contributed by atoms with Crippen molar-refractivity contribution >= 4 is 56.8 Å². The number of amides is 1. The molecule has 3 N–H and O–H groups in total. The Morgan fingerprint density at radius 1 is 1.21 bits per heavy atom. The Kier molecular flexibility index (Phi) is 10.8. The Balaban J connectivity index is 3.39. The normalized spacial score (nSPS) is 11.8. The van der Waals surface area contributed by atoms with E-state index in [1.165, 1.54) is 4.90 Å². The van der Waals surface area contributed by atoms with Crippen LogP contribution in [0.3, 0.4) is 0 Å². The van der Waals surface area contributed by atoms with Gasteiger partial charge in [0.05, 0.1) is 29.3 Å². The first-order chi connectivity index (χ1) is 15.2. The number of alkyl halides is 1. The summed E-state index contributed by atoms with van der Waals surface area (Å²) in [5.74, 6) is -1.25. The quantitative estimate of drug-likeness (QED) is 0.0683. The molecule has 1 aromatic carbocycles. The number of phosphoric acid groups is 1. The van der Waals surface area contributed by atoms with Gasteiger partial charge in [0, 0.05) is 31.0 Å². The minimum absolute atomic E-state index is 0.0863. The van der Waals surface area contributed by atoms with E-state index in [4.69, 9.17) is 9.79 Å². The fraction of sp³-hybridized carbons (Fsp3) is 0.500. The van der Waals surface area contributed by atoms with Crippen molar-refractivity contribution < 1.29 is 46.1 Å². The van der Waals surface area contributed by atoms with E-state index in [0.717, 1.165) is 18.4 Å². The highest BCUT2D eigenvalue weighted by Crippen LogP contribution is 2.38. The highest BCUT2D eigenvalue weighted by Gasteiger charge is 2.35. The first-order valence-electron chi connectivity index (χ1n) is 8.77. The molecule has 0 saturated carbocycles. The summed E-state index contributed by atoms with van der Waals surface area (Å²) >= 11 is 3.15. The average molecular weight is 579 g/mol. The second-order valence-electron chi connectivity index (χ2n) is 6.12. The summed E-state index contributed by atoms with van der Waals surface area (Å²) in [5.41, 5.74) is -2.91. The molecule has 0 fully saturated rings. The number of phosphoric ester groups is 1. The third-order valence-corrected chi connectivity index (χ3v) is 5.21. The Hall–Kier alpha value is -2.21. The number of hydrogen-bond acceptors (Lipinski definition) is 11. The lowest BCUT2D eigenvalue weighted by atomic mass is 10.1. The Morgan fingerprint density at radius 3 is 2.33 bits per heavy atom. The lowest BCUT2D eigenvalue weighted by molar-refractivity contribution is -0.394. The van der Waals surface area contributed by atoms with Gasteiger partial charge in [-0.2, -0.15) is 8.42 Å². The summed E-state index contributed by atoms with van der Waals surface area (Å²) < 4.78 is 41.8. The molecule has 0 aliphatic carbocycles. The van der Waals surface area contributed by atoms with E-state index >= 15 is 0 Å². The Bertz CT molecular complexity index is 1050. The van der Waals surface area contributed by atoms with Crippen LogP contribution in [-0.2, 0) is 23.4 Å². The summed E-state index contributed by atoms with van der Waals surface area (Å²) in [6.45, 7) is -1.66. The van der Waals surface area contributed by atoms with Gasteiger partial charge in [-0.15, -0.1) is 0 Å². The molecule has 1 amide bonds. The SMILES string of the molecule is CS(=O)(=O)OCCN(CCBr)c1ccc([N+](=O)[O-])c(C(=O)NCCOP(=O)(O)O)c1[N+](=O)[O-]. The number of benzene rings is 1. The molecule has 16 nitrogen and oxygen atoms in total. The van der Waals surface area contributed by atoms with E-state index in [2.05, 4.69) is 30.0 Å². The van der Waals surface area contributed by atoms with Crippen molar-refractivity contribution in [1.29, 1.82) is 0 Å². The predicted octanol–water partition coefficient (Wildman–Crippen LogP) is 0.520. The van der Waals surface area contributed by atoms with Gasteiger partial charge in [0.25, 0.3) is 21.7 Å². The third kappa shape index (κ3) is 9.66. The van der Waals surface area contributed by atoms with Crippen LogP contribution in [-0.4, -0.2) is 78.4 Å². The summed E-state index contributed by atoms with van der Waals surface area (Å²) in [7, 11) is -8.63. The Morgan fingerprint density at radius 2 is 1.85 bits per heavy atom. The van der Waals surface area contributed by atoms with Gasteiger partial charge in [-0.1, -0.05) is 15.9 Å².